The molecule has 0 aliphatic rings. The summed E-state index contributed by atoms with van der Waals surface area (Å²) in [5.74, 6) is 0.675. The Labute approximate surface area is 83.5 Å². The van der Waals surface area contributed by atoms with Gasteiger partial charge < -0.3 is 10.2 Å². The SMILES string of the molecule is CCSCCC(O)CC(C)C(=O)O. The van der Waals surface area contributed by atoms with Crippen molar-refractivity contribution in [2.45, 2.75) is 32.8 Å². The summed E-state index contributed by atoms with van der Waals surface area (Å²) < 4.78 is 0. The molecule has 0 spiro atoms. The molecular formula is C9H18O3S. The summed E-state index contributed by atoms with van der Waals surface area (Å²) in [6, 6.07) is 0. The molecule has 2 unspecified atom stereocenters. The number of aliphatic hydroxyl groups is 1. The largest absolute Gasteiger partial charge is 0.481 e. The monoisotopic (exact) mass is 206 g/mol. The van der Waals surface area contributed by atoms with Gasteiger partial charge in [-0.1, -0.05) is 13.8 Å². The van der Waals surface area contributed by atoms with Crippen molar-refractivity contribution in [3.63, 3.8) is 0 Å². The molecule has 4 heteroatoms. The van der Waals surface area contributed by atoms with Crippen LogP contribution in [-0.2, 0) is 4.79 Å². The van der Waals surface area contributed by atoms with E-state index >= 15 is 0 Å². The maximum Gasteiger partial charge on any atom is 0.306 e. The highest BCUT2D eigenvalue weighted by atomic mass is 32.2. The second-order valence-corrected chi connectivity index (χ2v) is 4.51. The smallest absolute Gasteiger partial charge is 0.306 e. The van der Waals surface area contributed by atoms with Gasteiger partial charge in [-0.25, -0.2) is 0 Å². The lowest BCUT2D eigenvalue weighted by Gasteiger charge is -2.12. The van der Waals surface area contributed by atoms with Crippen LogP contribution in [0.15, 0.2) is 0 Å². The predicted octanol–water partition coefficient (Wildman–Crippen LogP) is 1.60. The summed E-state index contributed by atoms with van der Waals surface area (Å²) in [7, 11) is 0. The summed E-state index contributed by atoms with van der Waals surface area (Å²) >= 11 is 1.76. The van der Waals surface area contributed by atoms with Crippen LogP contribution >= 0.6 is 11.8 Å². The Morgan fingerprint density at radius 3 is 2.62 bits per heavy atom. The highest BCUT2D eigenvalue weighted by Gasteiger charge is 2.15. The van der Waals surface area contributed by atoms with Crippen molar-refractivity contribution in [2.75, 3.05) is 11.5 Å². The molecule has 0 heterocycles. The first kappa shape index (κ1) is 12.8. The van der Waals surface area contributed by atoms with Gasteiger partial charge >= 0.3 is 5.97 Å². The van der Waals surface area contributed by atoms with Crippen LogP contribution in [-0.4, -0.2) is 33.8 Å². The van der Waals surface area contributed by atoms with Crippen LogP contribution in [0.5, 0.6) is 0 Å². The zero-order valence-electron chi connectivity index (χ0n) is 8.19. The Hall–Kier alpha value is -0.220. The first-order valence-corrected chi connectivity index (χ1v) is 5.72. The maximum absolute atomic E-state index is 10.4. The number of hydrogen-bond acceptors (Lipinski definition) is 3. The molecule has 0 rings (SSSR count). The molecule has 0 aromatic heterocycles. The van der Waals surface area contributed by atoms with Gasteiger partial charge in [-0.15, -0.1) is 0 Å². The molecule has 0 amide bonds. The van der Waals surface area contributed by atoms with E-state index in [-0.39, 0.29) is 0 Å². The molecular weight excluding hydrogens is 188 g/mol. The van der Waals surface area contributed by atoms with Crippen LogP contribution in [0.1, 0.15) is 26.7 Å². The van der Waals surface area contributed by atoms with E-state index in [1.165, 1.54) is 0 Å². The lowest BCUT2D eigenvalue weighted by Crippen LogP contribution is -2.18. The van der Waals surface area contributed by atoms with E-state index in [4.69, 9.17) is 5.11 Å². The summed E-state index contributed by atoms with van der Waals surface area (Å²) in [6.45, 7) is 3.69. The standard InChI is InChI=1S/C9H18O3S/c1-3-13-5-4-8(10)6-7(2)9(11)12/h7-8,10H,3-6H2,1-2H3,(H,11,12). The van der Waals surface area contributed by atoms with Gasteiger partial charge in [-0.2, -0.15) is 11.8 Å². The number of hydrogen-bond donors (Lipinski definition) is 2. The molecule has 0 saturated heterocycles. The Morgan fingerprint density at radius 2 is 2.15 bits per heavy atom. The number of carbonyl (C=O) groups is 1. The highest BCUT2D eigenvalue weighted by molar-refractivity contribution is 7.99. The van der Waals surface area contributed by atoms with Crippen molar-refractivity contribution < 1.29 is 15.0 Å². The molecule has 0 aliphatic carbocycles. The minimum Gasteiger partial charge on any atom is -0.481 e. The average molecular weight is 206 g/mol. The topological polar surface area (TPSA) is 57.5 Å². The van der Waals surface area contributed by atoms with Crippen LogP contribution in [0.2, 0.25) is 0 Å². The summed E-state index contributed by atoms with van der Waals surface area (Å²) in [5, 5.41) is 18.0. The van der Waals surface area contributed by atoms with E-state index in [1.54, 1.807) is 18.7 Å². The average Bonchev–Trinajstić information content (AvgIpc) is 2.04. The predicted molar refractivity (Wildman–Crippen MR) is 55.0 cm³/mol. The lowest BCUT2D eigenvalue weighted by molar-refractivity contribution is -0.142. The van der Waals surface area contributed by atoms with Crippen molar-refractivity contribution in [3.05, 3.63) is 0 Å². The Bertz CT molecular complexity index is 150. The van der Waals surface area contributed by atoms with E-state index in [1.807, 2.05) is 0 Å². The zero-order chi connectivity index (χ0) is 10.3. The maximum atomic E-state index is 10.4. The number of aliphatic hydroxyl groups excluding tert-OH is 1. The zero-order valence-corrected chi connectivity index (χ0v) is 9.01. The molecule has 0 saturated carbocycles. The first-order chi connectivity index (χ1) is 6.07. The number of carboxylic acids is 1. The normalized spacial score (nSPS) is 15.3. The van der Waals surface area contributed by atoms with Gasteiger partial charge in [0.1, 0.15) is 0 Å². The van der Waals surface area contributed by atoms with Gasteiger partial charge in [0.2, 0.25) is 0 Å². The van der Waals surface area contributed by atoms with E-state index in [9.17, 15) is 9.90 Å². The van der Waals surface area contributed by atoms with Gasteiger partial charge in [0, 0.05) is 0 Å². The van der Waals surface area contributed by atoms with Crippen molar-refractivity contribution in [2.24, 2.45) is 5.92 Å². The number of aliphatic carboxylic acids is 1. The van der Waals surface area contributed by atoms with E-state index in [0.29, 0.717) is 12.8 Å². The molecule has 78 valence electrons. The van der Waals surface area contributed by atoms with Crippen molar-refractivity contribution >= 4 is 17.7 Å². The van der Waals surface area contributed by atoms with Crippen LogP contribution in [0, 0.1) is 5.92 Å². The van der Waals surface area contributed by atoms with Gasteiger partial charge in [-0.05, 0) is 24.3 Å². The molecule has 13 heavy (non-hydrogen) atoms. The van der Waals surface area contributed by atoms with E-state index < -0.39 is 18.0 Å². The fourth-order valence-electron chi connectivity index (χ4n) is 0.990. The summed E-state index contributed by atoms with van der Waals surface area (Å²) in [5.41, 5.74) is 0. The Balaban J connectivity index is 3.49. The lowest BCUT2D eigenvalue weighted by atomic mass is 10.0. The molecule has 0 radical (unpaired) electrons. The van der Waals surface area contributed by atoms with Crippen molar-refractivity contribution in [3.8, 4) is 0 Å². The van der Waals surface area contributed by atoms with E-state index in [0.717, 1.165) is 11.5 Å². The number of carboxylic acid groups (broad SMARTS) is 1. The molecule has 0 aromatic carbocycles. The minimum absolute atomic E-state index is 0.361. The second kappa shape index (κ2) is 7.21. The van der Waals surface area contributed by atoms with Gasteiger partial charge in [0.25, 0.3) is 0 Å². The van der Waals surface area contributed by atoms with E-state index in [2.05, 4.69) is 6.92 Å². The molecule has 2 N–H and O–H groups in total. The third-order valence-corrected chi connectivity index (χ3v) is 2.78. The number of thioether (sulfide) groups is 1. The molecule has 0 fully saturated rings. The Morgan fingerprint density at radius 1 is 1.54 bits per heavy atom. The van der Waals surface area contributed by atoms with Crippen molar-refractivity contribution in [1.82, 2.24) is 0 Å². The molecule has 2 atom stereocenters. The molecule has 3 nitrogen and oxygen atoms in total. The third-order valence-electron chi connectivity index (χ3n) is 1.85. The second-order valence-electron chi connectivity index (χ2n) is 3.11. The highest BCUT2D eigenvalue weighted by Crippen LogP contribution is 2.11. The molecule has 0 bridgehead atoms. The third kappa shape index (κ3) is 6.90. The van der Waals surface area contributed by atoms with Crippen LogP contribution < -0.4 is 0 Å². The van der Waals surface area contributed by atoms with Gasteiger partial charge in [0.05, 0.1) is 12.0 Å². The van der Waals surface area contributed by atoms with Gasteiger partial charge in [0.15, 0.2) is 0 Å². The van der Waals surface area contributed by atoms with Crippen LogP contribution in [0.25, 0.3) is 0 Å². The summed E-state index contributed by atoms with van der Waals surface area (Å²) in [6.07, 6.45) is 0.584. The van der Waals surface area contributed by atoms with Crippen LogP contribution in [0.3, 0.4) is 0 Å². The minimum atomic E-state index is -0.831. The fourth-order valence-corrected chi connectivity index (χ4v) is 1.72. The number of rotatable bonds is 7. The van der Waals surface area contributed by atoms with Gasteiger partial charge in [-0.3, -0.25) is 4.79 Å². The fraction of sp³-hybridized carbons (Fsp3) is 0.889. The quantitative estimate of drug-likeness (QED) is 0.621. The molecule has 0 aromatic rings. The molecule has 0 aliphatic heterocycles. The Kier molecular flexibility index (Phi) is 7.09. The van der Waals surface area contributed by atoms with Crippen LogP contribution in [0.4, 0.5) is 0 Å². The first-order valence-electron chi connectivity index (χ1n) is 4.56. The summed E-state index contributed by atoms with van der Waals surface area (Å²) in [4.78, 5) is 10.4. The van der Waals surface area contributed by atoms with Crippen molar-refractivity contribution in [1.29, 1.82) is 0 Å².